The van der Waals surface area contributed by atoms with Gasteiger partial charge in [0.15, 0.2) is 0 Å². The molecule has 0 spiro atoms. The van der Waals surface area contributed by atoms with Crippen LogP contribution in [0, 0.1) is 5.92 Å². The Balaban J connectivity index is 1.43. The average Bonchev–Trinajstić information content (AvgIpc) is 3.45. The molecule has 1 fully saturated rings. The van der Waals surface area contributed by atoms with Gasteiger partial charge in [0.1, 0.15) is 17.0 Å². The molecule has 1 aliphatic rings. The number of nitrogens with one attached hydrogen (secondary N) is 1. The summed E-state index contributed by atoms with van der Waals surface area (Å²) in [6.45, 7) is 3.65. The summed E-state index contributed by atoms with van der Waals surface area (Å²) < 4.78 is 6.65. The van der Waals surface area contributed by atoms with E-state index in [0.29, 0.717) is 57.8 Å². The first-order chi connectivity index (χ1) is 20.2. The Bertz CT molecular complexity index is 1740. The maximum atomic E-state index is 12.9. The molecule has 5 rings (SSSR count). The highest BCUT2D eigenvalue weighted by molar-refractivity contribution is 6.39. The summed E-state index contributed by atoms with van der Waals surface area (Å²) in [6, 6.07) is 12.0. The summed E-state index contributed by atoms with van der Waals surface area (Å²) in [4.78, 5) is 48.5. The van der Waals surface area contributed by atoms with Gasteiger partial charge in [0.05, 0.1) is 34.7 Å². The Kier molecular flexibility index (Phi) is 8.67. The maximum Gasteiger partial charge on any atom is 0.279 e. The Labute approximate surface area is 252 Å². The number of hydrogen-bond donors (Lipinski definition) is 1. The van der Waals surface area contributed by atoms with Crippen LogP contribution in [0.3, 0.4) is 0 Å². The van der Waals surface area contributed by atoms with Crippen LogP contribution < -0.4 is 15.6 Å². The van der Waals surface area contributed by atoms with Crippen LogP contribution in [0.15, 0.2) is 59.7 Å². The molecule has 0 saturated carbocycles. The first kappa shape index (κ1) is 29.4. The first-order valence-corrected chi connectivity index (χ1v) is 14.0. The first-order valence-electron chi connectivity index (χ1n) is 13.2. The van der Waals surface area contributed by atoms with E-state index in [4.69, 9.17) is 32.9 Å². The number of amides is 1. The maximum absolute atomic E-state index is 12.9. The number of carbonyl (C=O) groups excluding carboxylic acids is 2. The molecule has 2 aromatic heterocycles. The molecule has 2 aromatic carbocycles. The number of anilines is 1. The molecule has 1 N–H and O–H groups in total. The third-order valence-corrected chi connectivity index (χ3v) is 8.10. The minimum absolute atomic E-state index is 0.0476. The van der Waals surface area contributed by atoms with Gasteiger partial charge < -0.3 is 10.1 Å². The molecule has 1 aliphatic heterocycles. The van der Waals surface area contributed by atoms with Crippen molar-refractivity contribution < 1.29 is 14.3 Å². The van der Waals surface area contributed by atoms with Gasteiger partial charge in [-0.2, -0.15) is 5.10 Å². The molecule has 1 saturated heterocycles. The van der Waals surface area contributed by atoms with Crippen LogP contribution in [0.25, 0.3) is 22.4 Å². The summed E-state index contributed by atoms with van der Waals surface area (Å²) >= 11 is 13.7. The van der Waals surface area contributed by atoms with Crippen molar-refractivity contribution in [2.75, 3.05) is 25.5 Å². The van der Waals surface area contributed by atoms with E-state index in [-0.39, 0.29) is 22.3 Å². The lowest BCUT2D eigenvalue weighted by Crippen LogP contribution is -2.28. The fourth-order valence-corrected chi connectivity index (χ4v) is 5.56. The number of aryl methyl sites for hydroxylation is 1. The van der Waals surface area contributed by atoms with Gasteiger partial charge in [-0.15, -0.1) is 0 Å². The smallest absolute Gasteiger partial charge is 0.279 e. The van der Waals surface area contributed by atoms with Crippen molar-refractivity contribution in [3.63, 3.8) is 0 Å². The molecular formula is C30H28Cl2N6O4. The molecule has 0 bridgehead atoms. The van der Waals surface area contributed by atoms with Crippen LogP contribution in [0.2, 0.25) is 10.0 Å². The number of methoxy groups -OCH3 is 1. The molecule has 3 heterocycles. The van der Waals surface area contributed by atoms with Gasteiger partial charge >= 0.3 is 0 Å². The highest BCUT2D eigenvalue weighted by atomic mass is 35.5. The number of ether oxygens (including phenoxy) is 1. The monoisotopic (exact) mass is 606 g/mol. The lowest BCUT2D eigenvalue weighted by Gasteiger charge is -2.17. The number of likely N-dealkylation sites (tertiary alicyclic amines) is 1. The van der Waals surface area contributed by atoms with Crippen molar-refractivity contribution in [2.24, 2.45) is 13.0 Å². The van der Waals surface area contributed by atoms with Gasteiger partial charge in [0, 0.05) is 48.9 Å². The number of Topliss-reactive ketones (excluding diaryl/α,β-unsaturated/α-hetero) is 1. The lowest BCUT2D eigenvalue weighted by molar-refractivity contribution is -0.120. The third kappa shape index (κ3) is 5.92. The number of nitrogens with zero attached hydrogens (tertiary/aromatic N) is 5. The molecule has 0 aliphatic carbocycles. The van der Waals surface area contributed by atoms with Gasteiger partial charge in [-0.1, -0.05) is 53.5 Å². The average molecular weight is 607 g/mol. The zero-order chi connectivity index (χ0) is 30.0. The second kappa shape index (κ2) is 12.4. The van der Waals surface area contributed by atoms with E-state index >= 15 is 0 Å². The summed E-state index contributed by atoms with van der Waals surface area (Å²) in [5.74, 6) is 0.0229. The zero-order valence-corrected chi connectivity index (χ0v) is 24.7. The van der Waals surface area contributed by atoms with Gasteiger partial charge in [0.25, 0.3) is 11.5 Å². The van der Waals surface area contributed by atoms with Crippen molar-refractivity contribution in [1.82, 2.24) is 24.6 Å². The minimum Gasteiger partial charge on any atom is -0.480 e. The van der Waals surface area contributed by atoms with Crippen LogP contribution in [0.5, 0.6) is 5.88 Å². The summed E-state index contributed by atoms with van der Waals surface area (Å²) in [6.07, 6.45) is 3.86. The fourth-order valence-electron chi connectivity index (χ4n) is 4.96. The van der Waals surface area contributed by atoms with Crippen molar-refractivity contribution in [3.05, 3.63) is 86.5 Å². The number of aromatic nitrogens is 4. The van der Waals surface area contributed by atoms with Crippen LogP contribution in [0.1, 0.15) is 29.4 Å². The molecule has 42 heavy (non-hydrogen) atoms. The molecule has 1 unspecified atom stereocenters. The van der Waals surface area contributed by atoms with E-state index in [1.165, 1.54) is 19.3 Å². The highest BCUT2D eigenvalue weighted by Crippen LogP contribution is 2.41. The Hall–Kier alpha value is -4.12. The van der Waals surface area contributed by atoms with Gasteiger partial charge in [-0.05, 0) is 32.0 Å². The SMILES string of the molecule is COc1nc(-c2cccc(-c3cccc(NC(=O)c4ccnn(C)c4=O)c3Cl)c2Cl)cnc1CN1CCC(C(C)=O)C1. The number of carbonyl (C=O) groups is 2. The zero-order valence-electron chi connectivity index (χ0n) is 23.2. The predicted molar refractivity (Wildman–Crippen MR) is 161 cm³/mol. The quantitative estimate of drug-likeness (QED) is 0.301. The molecular weight excluding hydrogens is 579 g/mol. The number of benzene rings is 2. The normalized spacial score (nSPS) is 15.0. The molecule has 0 radical (unpaired) electrons. The van der Waals surface area contributed by atoms with Gasteiger partial charge in [-0.3, -0.25) is 24.3 Å². The number of halogens is 2. The largest absolute Gasteiger partial charge is 0.480 e. The van der Waals surface area contributed by atoms with Crippen LogP contribution >= 0.6 is 23.2 Å². The second-order valence-corrected chi connectivity index (χ2v) is 10.8. The standard InChI is InChI=1S/C30H28Cl2N6O4/c1-17(39)18-11-13-38(15-18)16-25-29(42-3)36-24(14-33-25)21-8-4-6-19(26(21)31)20-7-5-9-23(27(20)32)35-28(40)22-10-12-34-37(2)30(22)41/h4-10,12,14,18H,11,13,15-16H2,1-3H3,(H,35,40). The van der Waals surface area contributed by atoms with E-state index in [1.807, 2.05) is 18.2 Å². The van der Waals surface area contributed by atoms with Crippen molar-refractivity contribution in [1.29, 1.82) is 0 Å². The van der Waals surface area contributed by atoms with Gasteiger partial charge in [0.2, 0.25) is 5.88 Å². The Morgan fingerprint density at radius 3 is 2.50 bits per heavy atom. The van der Waals surface area contributed by atoms with E-state index < -0.39 is 11.5 Å². The molecule has 4 aromatic rings. The van der Waals surface area contributed by atoms with Crippen molar-refractivity contribution in [3.8, 4) is 28.3 Å². The lowest BCUT2D eigenvalue weighted by atomic mass is 10.0. The van der Waals surface area contributed by atoms with Crippen LogP contribution in [-0.4, -0.2) is 56.5 Å². The van der Waals surface area contributed by atoms with Crippen molar-refractivity contribution >= 4 is 40.6 Å². The fraction of sp³-hybridized carbons (Fsp3) is 0.267. The Morgan fingerprint density at radius 2 is 1.79 bits per heavy atom. The second-order valence-electron chi connectivity index (χ2n) is 10.0. The molecule has 1 amide bonds. The van der Waals surface area contributed by atoms with E-state index in [2.05, 4.69) is 20.3 Å². The summed E-state index contributed by atoms with van der Waals surface area (Å²) in [7, 11) is 3.01. The number of hydrogen-bond acceptors (Lipinski definition) is 8. The molecule has 10 nitrogen and oxygen atoms in total. The molecule has 12 heteroatoms. The topological polar surface area (TPSA) is 119 Å². The molecule has 216 valence electrons. The Morgan fingerprint density at radius 1 is 1.07 bits per heavy atom. The highest BCUT2D eigenvalue weighted by Gasteiger charge is 2.27. The number of rotatable bonds is 8. The minimum atomic E-state index is -0.606. The summed E-state index contributed by atoms with van der Waals surface area (Å²) in [5.41, 5.74) is 2.73. The van der Waals surface area contributed by atoms with E-state index in [1.54, 1.807) is 38.4 Å². The molecule has 1 atom stereocenters. The van der Waals surface area contributed by atoms with Crippen molar-refractivity contribution in [2.45, 2.75) is 19.9 Å². The van der Waals surface area contributed by atoms with E-state index in [9.17, 15) is 14.4 Å². The van der Waals surface area contributed by atoms with E-state index in [0.717, 1.165) is 17.6 Å². The predicted octanol–water partition coefficient (Wildman–Crippen LogP) is 4.88. The summed E-state index contributed by atoms with van der Waals surface area (Å²) in [5, 5.41) is 7.20. The number of ketones is 1. The van der Waals surface area contributed by atoms with Gasteiger partial charge in [-0.25, -0.2) is 9.67 Å². The van der Waals surface area contributed by atoms with Crippen LogP contribution in [-0.2, 0) is 18.4 Å². The third-order valence-electron chi connectivity index (χ3n) is 7.29. The van der Waals surface area contributed by atoms with Crippen LogP contribution in [0.4, 0.5) is 5.69 Å².